The number of nitrogens with one attached hydrogen (secondary N) is 1. The predicted octanol–water partition coefficient (Wildman–Crippen LogP) is 0.911. The largest absolute Gasteiger partial charge is 0.409 e. The fourth-order valence-corrected chi connectivity index (χ4v) is 1.86. The zero-order valence-electron chi connectivity index (χ0n) is 10.8. The molecule has 1 aromatic rings. The number of nitrogens with two attached hydrogens (primary N) is 1. The van der Waals surface area contributed by atoms with Gasteiger partial charge in [0.05, 0.1) is 0 Å². The number of carbonyl (C=O) groups is 1. The minimum absolute atomic E-state index is 0.0825. The molecule has 0 unspecified atom stereocenters. The van der Waals surface area contributed by atoms with Gasteiger partial charge in [-0.3, -0.25) is 9.48 Å². The van der Waals surface area contributed by atoms with Crippen LogP contribution in [0.4, 0.5) is 5.82 Å². The van der Waals surface area contributed by atoms with Gasteiger partial charge in [-0.1, -0.05) is 19.0 Å². The van der Waals surface area contributed by atoms with Crippen LogP contribution in [0.1, 0.15) is 26.7 Å². The molecule has 0 radical (unpaired) electrons. The number of aromatic nitrogens is 2. The Bertz CT molecular complexity index is 448. The quantitative estimate of drug-likeness (QED) is 0.314. The van der Waals surface area contributed by atoms with E-state index >= 15 is 0 Å². The first kappa shape index (κ1) is 14.0. The van der Waals surface area contributed by atoms with Crippen LogP contribution in [0.2, 0.25) is 0 Å². The average molecular weight is 253 g/mol. The van der Waals surface area contributed by atoms with E-state index in [1.54, 1.807) is 24.0 Å². The van der Waals surface area contributed by atoms with Crippen molar-refractivity contribution >= 4 is 17.6 Å². The Morgan fingerprint density at radius 2 is 2.22 bits per heavy atom. The summed E-state index contributed by atoms with van der Waals surface area (Å²) in [5.41, 5.74) is 4.64. The van der Waals surface area contributed by atoms with E-state index in [0.29, 0.717) is 18.7 Å². The van der Waals surface area contributed by atoms with Gasteiger partial charge >= 0.3 is 0 Å². The second-order valence-electron chi connectivity index (χ2n) is 4.10. The minimum atomic E-state index is -1.01. The van der Waals surface area contributed by atoms with Gasteiger partial charge in [0.25, 0.3) is 0 Å². The van der Waals surface area contributed by atoms with E-state index in [9.17, 15) is 4.79 Å². The summed E-state index contributed by atoms with van der Waals surface area (Å²) >= 11 is 0. The van der Waals surface area contributed by atoms with Gasteiger partial charge < -0.3 is 16.3 Å². The van der Waals surface area contributed by atoms with Crippen LogP contribution in [0.5, 0.6) is 0 Å². The molecule has 7 nitrogen and oxygen atoms in total. The number of amidine groups is 1. The van der Waals surface area contributed by atoms with Crippen LogP contribution < -0.4 is 11.1 Å². The summed E-state index contributed by atoms with van der Waals surface area (Å²) in [5, 5.41) is 18.5. The first-order valence-electron chi connectivity index (χ1n) is 5.79. The standard InChI is InChI=1S/C11H19N5O2/c1-4-11(5-2,9(12)15-18)10(17)13-8-6-7-16(3)14-8/h6-7,18H,4-5H2,1-3H3,(H2,12,15)(H,13,14,17). The number of nitrogens with zero attached hydrogens (tertiary/aromatic N) is 3. The summed E-state index contributed by atoms with van der Waals surface area (Å²) in [5.74, 6) is 0.0435. The molecular formula is C11H19N5O2. The molecule has 18 heavy (non-hydrogen) atoms. The molecule has 0 saturated heterocycles. The molecule has 0 aliphatic rings. The SMILES string of the molecule is CCC(CC)(C(=O)Nc1ccn(C)n1)C(N)=NO. The molecule has 0 saturated carbocycles. The zero-order valence-corrected chi connectivity index (χ0v) is 10.8. The van der Waals surface area contributed by atoms with Crippen molar-refractivity contribution in [3.05, 3.63) is 12.3 Å². The number of oxime groups is 1. The Morgan fingerprint density at radius 1 is 1.61 bits per heavy atom. The maximum absolute atomic E-state index is 12.3. The highest BCUT2D eigenvalue weighted by atomic mass is 16.4. The Hall–Kier alpha value is -2.05. The highest BCUT2D eigenvalue weighted by Crippen LogP contribution is 2.28. The van der Waals surface area contributed by atoms with Crippen LogP contribution in [0, 0.1) is 5.41 Å². The van der Waals surface area contributed by atoms with Crippen molar-refractivity contribution in [2.45, 2.75) is 26.7 Å². The van der Waals surface area contributed by atoms with E-state index in [1.807, 2.05) is 13.8 Å². The van der Waals surface area contributed by atoms with Crippen molar-refractivity contribution in [3.63, 3.8) is 0 Å². The molecular weight excluding hydrogens is 234 g/mol. The van der Waals surface area contributed by atoms with Crippen molar-refractivity contribution in [1.29, 1.82) is 0 Å². The normalized spacial score (nSPS) is 12.5. The van der Waals surface area contributed by atoms with Gasteiger partial charge in [0, 0.05) is 19.3 Å². The van der Waals surface area contributed by atoms with Gasteiger partial charge in [-0.15, -0.1) is 0 Å². The maximum atomic E-state index is 12.3. The molecule has 0 aliphatic carbocycles. The maximum Gasteiger partial charge on any atom is 0.239 e. The van der Waals surface area contributed by atoms with Crippen molar-refractivity contribution in [2.24, 2.45) is 23.4 Å². The highest BCUT2D eigenvalue weighted by Gasteiger charge is 2.40. The first-order chi connectivity index (χ1) is 8.50. The Balaban J connectivity index is 2.97. The number of hydrogen-bond acceptors (Lipinski definition) is 4. The van der Waals surface area contributed by atoms with E-state index in [1.165, 1.54) is 0 Å². The summed E-state index contributed by atoms with van der Waals surface area (Å²) in [7, 11) is 1.76. The fraction of sp³-hybridized carbons (Fsp3) is 0.545. The molecule has 0 bridgehead atoms. The minimum Gasteiger partial charge on any atom is -0.409 e. The van der Waals surface area contributed by atoms with Crippen LogP contribution >= 0.6 is 0 Å². The molecule has 1 amide bonds. The topological polar surface area (TPSA) is 106 Å². The molecule has 0 aromatic carbocycles. The van der Waals surface area contributed by atoms with Crippen LogP contribution in [-0.4, -0.2) is 26.7 Å². The lowest BCUT2D eigenvalue weighted by Gasteiger charge is -2.28. The molecule has 1 aromatic heterocycles. The molecule has 1 rings (SSSR count). The first-order valence-corrected chi connectivity index (χ1v) is 5.79. The Kier molecular flexibility index (Phi) is 4.30. The van der Waals surface area contributed by atoms with Crippen molar-refractivity contribution in [3.8, 4) is 0 Å². The summed E-state index contributed by atoms with van der Waals surface area (Å²) < 4.78 is 1.58. The van der Waals surface area contributed by atoms with Gasteiger partial charge in [-0.2, -0.15) is 5.10 Å². The van der Waals surface area contributed by atoms with Crippen molar-refractivity contribution in [1.82, 2.24) is 9.78 Å². The van der Waals surface area contributed by atoms with E-state index in [4.69, 9.17) is 10.9 Å². The average Bonchev–Trinajstić information content (AvgIpc) is 2.76. The van der Waals surface area contributed by atoms with E-state index in [-0.39, 0.29) is 11.7 Å². The molecule has 0 spiro atoms. The molecule has 0 aliphatic heterocycles. The highest BCUT2D eigenvalue weighted by molar-refractivity contribution is 6.11. The molecule has 1 heterocycles. The monoisotopic (exact) mass is 253 g/mol. The Morgan fingerprint density at radius 3 is 2.61 bits per heavy atom. The second kappa shape index (κ2) is 5.52. The molecule has 7 heteroatoms. The molecule has 0 atom stereocenters. The third-order valence-electron chi connectivity index (χ3n) is 3.20. The van der Waals surface area contributed by atoms with E-state index in [2.05, 4.69) is 15.6 Å². The number of aryl methyl sites for hydroxylation is 1. The van der Waals surface area contributed by atoms with Crippen LogP contribution in [0.3, 0.4) is 0 Å². The summed E-state index contributed by atoms with van der Waals surface area (Å²) in [6.45, 7) is 3.64. The third kappa shape index (κ3) is 2.44. The second-order valence-corrected chi connectivity index (χ2v) is 4.10. The van der Waals surface area contributed by atoms with Crippen LogP contribution in [0.15, 0.2) is 17.4 Å². The molecule has 0 fully saturated rings. The van der Waals surface area contributed by atoms with Crippen LogP contribution in [-0.2, 0) is 11.8 Å². The van der Waals surface area contributed by atoms with E-state index in [0.717, 1.165) is 0 Å². The number of carbonyl (C=O) groups excluding carboxylic acids is 1. The van der Waals surface area contributed by atoms with Gasteiger partial charge in [0.15, 0.2) is 11.7 Å². The lowest BCUT2D eigenvalue weighted by Crippen LogP contribution is -2.46. The third-order valence-corrected chi connectivity index (χ3v) is 3.20. The number of amides is 1. The van der Waals surface area contributed by atoms with Gasteiger partial charge in [0.1, 0.15) is 5.41 Å². The van der Waals surface area contributed by atoms with Crippen molar-refractivity contribution < 1.29 is 10.0 Å². The fourth-order valence-electron chi connectivity index (χ4n) is 1.86. The van der Waals surface area contributed by atoms with Gasteiger partial charge in [-0.05, 0) is 12.8 Å². The van der Waals surface area contributed by atoms with Crippen molar-refractivity contribution in [2.75, 3.05) is 5.32 Å². The summed E-state index contributed by atoms with van der Waals surface area (Å²) in [6.07, 6.45) is 2.61. The smallest absolute Gasteiger partial charge is 0.239 e. The number of anilines is 1. The van der Waals surface area contributed by atoms with Gasteiger partial charge in [-0.25, -0.2) is 0 Å². The van der Waals surface area contributed by atoms with Gasteiger partial charge in [0.2, 0.25) is 5.91 Å². The Labute approximate surface area is 106 Å². The van der Waals surface area contributed by atoms with E-state index < -0.39 is 5.41 Å². The summed E-state index contributed by atoms with van der Waals surface area (Å²) in [4.78, 5) is 12.3. The number of rotatable bonds is 5. The predicted molar refractivity (Wildman–Crippen MR) is 68.3 cm³/mol. The number of hydrogen-bond donors (Lipinski definition) is 3. The lowest BCUT2D eigenvalue weighted by atomic mass is 9.80. The van der Waals surface area contributed by atoms with Crippen LogP contribution in [0.25, 0.3) is 0 Å². The lowest BCUT2D eigenvalue weighted by molar-refractivity contribution is -0.122. The molecule has 4 N–H and O–H groups in total. The summed E-state index contributed by atoms with van der Waals surface area (Å²) in [6, 6.07) is 1.68. The zero-order chi connectivity index (χ0) is 13.8. The molecule has 100 valence electrons.